The molecule has 0 aromatic heterocycles. The van der Waals surface area contributed by atoms with Gasteiger partial charge in [-0.2, -0.15) is 0 Å². The largest absolute Gasteiger partial charge is 0.378 e. The highest BCUT2D eigenvalue weighted by Gasteiger charge is 2.14. The molecule has 3 heteroatoms. The van der Waals surface area contributed by atoms with Crippen molar-refractivity contribution < 1.29 is 9.53 Å². The second-order valence-electron chi connectivity index (χ2n) is 4.02. The smallest absolute Gasteiger partial charge is 0.298 e. The van der Waals surface area contributed by atoms with Crippen LogP contribution in [0.15, 0.2) is 24.3 Å². The molecule has 1 aromatic rings. The van der Waals surface area contributed by atoms with Gasteiger partial charge in [-0.15, -0.1) is 0 Å². The molecule has 0 N–H and O–H groups in total. The fourth-order valence-corrected chi connectivity index (χ4v) is 1.61. The minimum absolute atomic E-state index is 0.117. The lowest BCUT2D eigenvalue weighted by molar-refractivity contribution is -0.129. The van der Waals surface area contributed by atoms with Crippen LogP contribution in [0.25, 0.3) is 0 Å². The van der Waals surface area contributed by atoms with Crippen molar-refractivity contribution in [2.45, 2.75) is 6.92 Å². The van der Waals surface area contributed by atoms with E-state index in [-0.39, 0.29) is 5.91 Å². The van der Waals surface area contributed by atoms with E-state index >= 15 is 0 Å². The zero-order chi connectivity index (χ0) is 12.1. The van der Waals surface area contributed by atoms with Gasteiger partial charge in [-0.05, 0) is 19.1 Å². The van der Waals surface area contributed by atoms with E-state index in [9.17, 15) is 4.79 Å². The molecule has 1 amide bonds. The van der Waals surface area contributed by atoms with Crippen molar-refractivity contribution in [3.05, 3.63) is 35.4 Å². The van der Waals surface area contributed by atoms with Crippen LogP contribution in [-0.2, 0) is 9.53 Å². The highest BCUT2D eigenvalue weighted by molar-refractivity contribution is 5.94. The van der Waals surface area contributed by atoms with Gasteiger partial charge in [0.05, 0.1) is 13.2 Å². The molecule has 3 nitrogen and oxygen atoms in total. The number of nitrogens with zero attached hydrogens (tertiary/aromatic N) is 1. The number of amides is 1. The average molecular weight is 229 g/mol. The molecular weight excluding hydrogens is 214 g/mol. The van der Waals surface area contributed by atoms with Crippen molar-refractivity contribution >= 4 is 5.91 Å². The maximum atomic E-state index is 11.7. The summed E-state index contributed by atoms with van der Waals surface area (Å²) < 4.78 is 5.18. The second kappa shape index (κ2) is 5.51. The van der Waals surface area contributed by atoms with Gasteiger partial charge in [0.25, 0.3) is 5.91 Å². The van der Waals surface area contributed by atoms with Gasteiger partial charge >= 0.3 is 0 Å². The molecule has 17 heavy (non-hydrogen) atoms. The first-order valence-corrected chi connectivity index (χ1v) is 5.71. The normalized spacial score (nSPS) is 15.0. The van der Waals surface area contributed by atoms with Gasteiger partial charge in [0, 0.05) is 24.6 Å². The topological polar surface area (TPSA) is 29.5 Å². The number of hydrogen-bond donors (Lipinski definition) is 0. The molecule has 0 unspecified atom stereocenters. The molecule has 1 aliphatic rings. The lowest BCUT2D eigenvalue weighted by atomic mass is 10.1. The third-order valence-corrected chi connectivity index (χ3v) is 2.66. The molecule has 0 bridgehead atoms. The SMILES string of the molecule is Cc1ccc(C#CC(=O)N2CCOCC2)cc1. The third kappa shape index (κ3) is 3.33. The van der Waals surface area contributed by atoms with E-state index < -0.39 is 0 Å². The summed E-state index contributed by atoms with van der Waals surface area (Å²) in [6, 6.07) is 7.83. The molecule has 1 fully saturated rings. The van der Waals surface area contributed by atoms with Crippen molar-refractivity contribution in [3.8, 4) is 11.8 Å². The van der Waals surface area contributed by atoms with Gasteiger partial charge in [0.1, 0.15) is 0 Å². The summed E-state index contributed by atoms with van der Waals surface area (Å²) in [5, 5.41) is 0. The molecule has 1 aliphatic heterocycles. The van der Waals surface area contributed by atoms with Gasteiger partial charge in [0.2, 0.25) is 0 Å². The van der Waals surface area contributed by atoms with Gasteiger partial charge in [-0.1, -0.05) is 23.6 Å². The van der Waals surface area contributed by atoms with E-state index in [1.807, 2.05) is 31.2 Å². The third-order valence-electron chi connectivity index (χ3n) is 2.66. The van der Waals surface area contributed by atoms with Crippen molar-refractivity contribution in [1.82, 2.24) is 4.90 Å². The Balaban J connectivity index is 2.00. The molecule has 1 saturated heterocycles. The first-order chi connectivity index (χ1) is 8.25. The second-order valence-corrected chi connectivity index (χ2v) is 4.02. The Bertz CT molecular complexity index is 447. The van der Waals surface area contributed by atoms with Gasteiger partial charge in [-0.25, -0.2) is 0 Å². The van der Waals surface area contributed by atoms with E-state index in [2.05, 4.69) is 11.8 Å². The van der Waals surface area contributed by atoms with Crippen molar-refractivity contribution in [1.29, 1.82) is 0 Å². The van der Waals surface area contributed by atoms with Crippen LogP contribution in [0.4, 0.5) is 0 Å². The molecule has 2 rings (SSSR count). The van der Waals surface area contributed by atoms with Crippen LogP contribution in [-0.4, -0.2) is 37.1 Å². The number of hydrogen-bond acceptors (Lipinski definition) is 2. The summed E-state index contributed by atoms with van der Waals surface area (Å²) in [5.41, 5.74) is 2.06. The summed E-state index contributed by atoms with van der Waals surface area (Å²) >= 11 is 0. The fourth-order valence-electron chi connectivity index (χ4n) is 1.61. The minimum Gasteiger partial charge on any atom is -0.378 e. The summed E-state index contributed by atoms with van der Waals surface area (Å²) in [5.74, 6) is 5.44. The Hall–Kier alpha value is -1.79. The maximum absolute atomic E-state index is 11.7. The van der Waals surface area contributed by atoms with Crippen LogP contribution < -0.4 is 0 Å². The van der Waals surface area contributed by atoms with E-state index in [4.69, 9.17) is 4.74 Å². The Kier molecular flexibility index (Phi) is 3.79. The average Bonchev–Trinajstić information content (AvgIpc) is 2.39. The lowest BCUT2D eigenvalue weighted by Gasteiger charge is -2.24. The van der Waals surface area contributed by atoms with Crippen molar-refractivity contribution in [2.24, 2.45) is 0 Å². The number of carbonyl (C=O) groups is 1. The van der Waals surface area contributed by atoms with E-state index in [0.29, 0.717) is 26.3 Å². The Labute approximate surface area is 101 Å². The Morgan fingerprint density at radius 2 is 1.88 bits per heavy atom. The molecule has 0 spiro atoms. The monoisotopic (exact) mass is 229 g/mol. The highest BCUT2D eigenvalue weighted by atomic mass is 16.5. The predicted molar refractivity (Wildman–Crippen MR) is 65.5 cm³/mol. The summed E-state index contributed by atoms with van der Waals surface area (Å²) in [4.78, 5) is 13.5. The standard InChI is InChI=1S/C14H15NO2/c1-12-2-4-13(5-3-12)6-7-14(16)15-8-10-17-11-9-15/h2-5H,8-11H2,1H3. The Morgan fingerprint density at radius 3 is 2.53 bits per heavy atom. The zero-order valence-corrected chi connectivity index (χ0v) is 9.90. The molecule has 88 valence electrons. The van der Waals surface area contributed by atoms with Crippen molar-refractivity contribution in [3.63, 3.8) is 0 Å². The van der Waals surface area contributed by atoms with E-state index in [1.165, 1.54) is 5.56 Å². The first kappa shape index (κ1) is 11.7. The Morgan fingerprint density at radius 1 is 1.24 bits per heavy atom. The lowest BCUT2D eigenvalue weighted by Crippen LogP contribution is -2.40. The zero-order valence-electron chi connectivity index (χ0n) is 9.90. The molecule has 1 aromatic carbocycles. The van der Waals surface area contributed by atoms with Gasteiger partial charge in [0.15, 0.2) is 0 Å². The summed E-state index contributed by atoms with van der Waals surface area (Å²) in [6.45, 7) is 4.52. The first-order valence-electron chi connectivity index (χ1n) is 5.71. The highest BCUT2D eigenvalue weighted by Crippen LogP contribution is 2.01. The molecule has 0 atom stereocenters. The van der Waals surface area contributed by atoms with E-state index in [1.54, 1.807) is 4.90 Å². The van der Waals surface area contributed by atoms with Crippen LogP contribution in [0.5, 0.6) is 0 Å². The number of carbonyl (C=O) groups excluding carboxylic acids is 1. The maximum Gasteiger partial charge on any atom is 0.298 e. The van der Waals surface area contributed by atoms with Crippen LogP contribution in [0.3, 0.4) is 0 Å². The van der Waals surface area contributed by atoms with Crippen LogP contribution in [0.1, 0.15) is 11.1 Å². The summed E-state index contributed by atoms with van der Waals surface area (Å²) in [7, 11) is 0. The molecule has 1 heterocycles. The number of ether oxygens (including phenoxy) is 1. The molecular formula is C14H15NO2. The number of morpholine rings is 1. The number of rotatable bonds is 0. The fraction of sp³-hybridized carbons (Fsp3) is 0.357. The number of benzene rings is 1. The molecule has 0 saturated carbocycles. The molecule has 0 radical (unpaired) electrons. The predicted octanol–water partition coefficient (Wildman–Crippen LogP) is 1.21. The van der Waals surface area contributed by atoms with Gasteiger partial charge < -0.3 is 9.64 Å². The van der Waals surface area contributed by atoms with Crippen LogP contribution >= 0.6 is 0 Å². The van der Waals surface area contributed by atoms with Crippen LogP contribution in [0.2, 0.25) is 0 Å². The van der Waals surface area contributed by atoms with Crippen LogP contribution in [0, 0.1) is 18.8 Å². The van der Waals surface area contributed by atoms with E-state index in [0.717, 1.165) is 5.56 Å². The van der Waals surface area contributed by atoms with Gasteiger partial charge in [-0.3, -0.25) is 4.79 Å². The minimum atomic E-state index is -0.117. The molecule has 0 aliphatic carbocycles. The summed E-state index contributed by atoms with van der Waals surface area (Å²) in [6.07, 6.45) is 0. The number of aryl methyl sites for hydroxylation is 1. The van der Waals surface area contributed by atoms with Crippen molar-refractivity contribution in [2.75, 3.05) is 26.3 Å². The quantitative estimate of drug-likeness (QED) is 0.626.